The third kappa shape index (κ3) is 3.26. The van der Waals surface area contributed by atoms with Crippen molar-refractivity contribution < 1.29 is 14.1 Å². The molecule has 24 heavy (non-hydrogen) atoms. The molecule has 1 fully saturated rings. The molecule has 3 nitrogen and oxygen atoms in total. The summed E-state index contributed by atoms with van der Waals surface area (Å²) in [6, 6.07) is 3.93. The molecule has 0 saturated heterocycles. The first kappa shape index (κ1) is 17.9. The predicted octanol–water partition coefficient (Wildman–Crippen LogP) is 4.60. The lowest BCUT2D eigenvalue weighted by atomic mass is 9.80. The predicted molar refractivity (Wildman–Crippen MR) is 97.5 cm³/mol. The first-order chi connectivity index (χ1) is 11.4. The Morgan fingerprint density at radius 1 is 1.33 bits per heavy atom. The molecule has 0 bridgehead atoms. The van der Waals surface area contributed by atoms with Gasteiger partial charge in [-0.2, -0.15) is 4.58 Å². The van der Waals surface area contributed by atoms with Crippen LogP contribution in [-0.4, -0.2) is 36.0 Å². The summed E-state index contributed by atoms with van der Waals surface area (Å²) >= 11 is 12.3. The van der Waals surface area contributed by atoms with Crippen LogP contribution in [0.5, 0.6) is 0 Å². The Bertz CT molecular complexity index is 695. The molecule has 2 atom stereocenters. The van der Waals surface area contributed by atoms with Crippen LogP contribution in [0, 0.1) is 12.8 Å². The van der Waals surface area contributed by atoms with Crippen molar-refractivity contribution in [3.8, 4) is 0 Å². The molecule has 1 saturated carbocycles. The van der Waals surface area contributed by atoms with Crippen LogP contribution in [-0.2, 0) is 9.53 Å². The highest BCUT2D eigenvalue weighted by molar-refractivity contribution is 6.42. The van der Waals surface area contributed by atoms with Crippen molar-refractivity contribution in [1.29, 1.82) is 0 Å². The summed E-state index contributed by atoms with van der Waals surface area (Å²) in [6.45, 7) is 5.07. The molecule has 0 aromatic heterocycles. The molecule has 5 heteroatoms. The van der Waals surface area contributed by atoms with Gasteiger partial charge in [0.2, 0.25) is 0 Å². The Balaban J connectivity index is 1.72. The van der Waals surface area contributed by atoms with E-state index in [1.165, 1.54) is 11.1 Å². The second-order valence-electron chi connectivity index (χ2n) is 7.08. The Morgan fingerprint density at radius 3 is 2.54 bits per heavy atom. The summed E-state index contributed by atoms with van der Waals surface area (Å²) < 4.78 is 7.27. The summed E-state index contributed by atoms with van der Waals surface area (Å²) in [6.07, 6.45) is 5.62. The van der Waals surface area contributed by atoms with Crippen molar-refractivity contribution in [2.75, 3.05) is 13.7 Å². The number of hydrogen-bond acceptors (Lipinski definition) is 2. The van der Waals surface area contributed by atoms with Gasteiger partial charge >= 0.3 is 5.91 Å². The van der Waals surface area contributed by atoms with Crippen LogP contribution in [0.25, 0.3) is 0 Å². The highest BCUT2D eigenvalue weighted by Crippen LogP contribution is 2.41. The number of benzene rings is 1. The van der Waals surface area contributed by atoms with Gasteiger partial charge in [0.25, 0.3) is 0 Å². The van der Waals surface area contributed by atoms with Crippen LogP contribution < -0.4 is 0 Å². The van der Waals surface area contributed by atoms with E-state index in [0.29, 0.717) is 21.9 Å². The molecule has 1 heterocycles. The van der Waals surface area contributed by atoms with Crippen LogP contribution in [0.1, 0.15) is 49.7 Å². The molecule has 130 valence electrons. The molecule has 1 aromatic rings. The smallest absolute Gasteiger partial charge is 0.364 e. The number of nitrogens with zero attached hydrogens (tertiary/aromatic N) is 1. The Hall–Kier alpha value is -0.900. The van der Waals surface area contributed by atoms with Gasteiger partial charge in [-0.25, -0.2) is 4.79 Å². The standard InChI is InChI=1S/C19H24Cl2NO2/c1-12-10-16(20)17(21)11-15(12)13(2)14-4-8-22(9-5-14)18(23)19(24-3)6-7-19/h8,10-11,13-14H,4-7,9H2,1-3H3/q+1/t13-,14?/m1/s1. The third-order valence-corrected chi connectivity index (χ3v) is 6.34. The second-order valence-corrected chi connectivity index (χ2v) is 7.89. The lowest BCUT2D eigenvalue weighted by Crippen LogP contribution is -2.39. The van der Waals surface area contributed by atoms with Gasteiger partial charge in [0.15, 0.2) is 12.1 Å². The summed E-state index contributed by atoms with van der Waals surface area (Å²) in [7, 11) is 1.63. The molecule has 1 amide bonds. The van der Waals surface area contributed by atoms with E-state index in [2.05, 4.69) is 20.1 Å². The zero-order valence-corrected chi connectivity index (χ0v) is 16.0. The summed E-state index contributed by atoms with van der Waals surface area (Å²) in [5.74, 6) is 1.01. The normalized spacial score (nSPS) is 23.5. The minimum Gasteiger partial charge on any atom is -0.364 e. The zero-order chi connectivity index (χ0) is 17.5. The number of carbonyl (C=O) groups excluding carboxylic acids is 1. The zero-order valence-electron chi connectivity index (χ0n) is 14.4. The fourth-order valence-corrected chi connectivity index (χ4v) is 4.09. The average molecular weight is 369 g/mol. The summed E-state index contributed by atoms with van der Waals surface area (Å²) in [4.78, 5) is 12.5. The van der Waals surface area contributed by atoms with Gasteiger partial charge in [-0.1, -0.05) is 30.1 Å². The van der Waals surface area contributed by atoms with E-state index in [4.69, 9.17) is 27.9 Å². The van der Waals surface area contributed by atoms with Crippen LogP contribution in [0.15, 0.2) is 12.1 Å². The Morgan fingerprint density at radius 2 is 2.00 bits per heavy atom. The van der Waals surface area contributed by atoms with E-state index in [1.807, 2.05) is 16.7 Å². The molecular formula is C19H24Cl2NO2+. The van der Waals surface area contributed by atoms with Crippen LogP contribution in [0.3, 0.4) is 0 Å². The maximum atomic E-state index is 12.5. The van der Waals surface area contributed by atoms with E-state index in [9.17, 15) is 4.79 Å². The van der Waals surface area contributed by atoms with Gasteiger partial charge in [0, 0.05) is 20.0 Å². The first-order valence-corrected chi connectivity index (χ1v) is 9.28. The van der Waals surface area contributed by atoms with E-state index in [0.717, 1.165) is 32.2 Å². The second kappa shape index (κ2) is 6.78. The van der Waals surface area contributed by atoms with Gasteiger partial charge in [0.05, 0.1) is 10.0 Å². The van der Waals surface area contributed by atoms with E-state index in [1.54, 1.807) is 7.11 Å². The number of methoxy groups -OCH3 is 1. The lowest BCUT2D eigenvalue weighted by Gasteiger charge is -2.26. The maximum absolute atomic E-state index is 12.5. The average Bonchev–Trinajstić information content (AvgIpc) is 3.38. The third-order valence-electron chi connectivity index (χ3n) is 5.62. The molecule has 1 unspecified atom stereocenters. The van der Waals surface area contributed by atoms with Crippen molar-refractivity contribution in [1.82, 2.24) is 0 Å². The Kier molecular flexibility index (Phi) is 5.06. The molecule has 0 N–H and O–H groups in total. The minimum atomic E-state index is -0.532. The van der Waals surface area contributed by atoms with Crippen LogP contribution >= 0.6 is 23.2 Å². The van der Waals surface area contributed by atoms with Gasteiger partial charge in [-0.05, 0) is 54.9 Å². The van der Waals surface area contributed by atoms with Gasteiger partial charge in [-0.3, -0.25) is 0 Å². The largest absolute Gasteiger partial charge is 0.418 e. The number of halogens is 2. The van der Waals surface area contributed by atoms with Gasteiger partial charge in [-0.15, -0.1) is 0 Å². The molecule has 3 rings (SSSR count). The molecule has 0 spiro atoms. The van der Waals surface area contributed by atoms with Crippen LogP contribution in [0.4, 0.5) is 0 Å². The molecule has 1 aliphatic carbocycles. The fraction of sp³-hybridized carbons (Fsp3) is 0.579. The number of amides is 1. The Labute approximate surface area is 153 Å². The van der Waals surface area contributed by atoms with Crippen molar-refractivity contribution in [3.05, 3.63) is 33.3 Å². The fourth-order valence-electron chi connectivity index (χ4n) is 3.70. The number of ether oxygens (including phenoxy) is 1. The summed E-state index contributed by atoms with van der Waals surface area (Å²) in [5, 5.41) is 1.21. The van der Waals surface area contributed by atoms with Crippen molar-refractivity contribution >= 4 is 35.3 Å². The molecular weight excluding hydrogens is 345 g/mol. The first-order valence-electron chi connectivity index (χ1n) is 8.53. The monoisotopic (exact) mass is 368 g/mol. The van der Waals surface area contributed by atoms with Crippen molar-refractivity contribution in [2.24, 2.45) is 5.92 Å². The molecule has 2 aliphatic rings. The topological polar surface area (TPSA) is 29.3 Å². The SMILES string of the molecule is COC1(C(=O)[N+]2=CCC([C@@H](C)c3cc(Cl)c(Cl)cc3C)CC2)CC1. The van der Waals surface area contributed by atoms with E-state index >= 15 is 0 Å². The van der Waals surface area contributed by atoms with Gasteiger partial charge in [0.1, 0.15) is 6.21 Å². The van der Waals surface area contributed by atoms with Crippen LogP contribution in [0.2, 0.25) is 10.0 Å². The molecule has 0 radical (unpaired) electrons. The molecule has 1 aromatic carbocycles. The number of hydrogen-bond donors (Lipinski definition) is 0. The van der Waals surface area contributed by atoms with Crippen molar-refractivity contribution in [3.63, 3.8) is 0 Å². The number of carbonyl (C=O) groups is 1. The highest BCUT2D eigenvalue weighted by Gasteiger charge is 2.57. The van der Waals surface area contributed by atoms with E-state index in [-0.39, 0.29) is 5.91 Å². The highest BCUT2D eigenvalue weighted by atomic mass is 35.5. The summed E-state index contributed by atoms with van der Waals surface area (Å²) in [5.41, 5.74) is 1.89. The van der Waals surface area contributed by atoms with E-state index < -0.39 is 5.60 Å². The lowest BCUT2D eigenvalue weighted by molar-refractivity contribution is -0.459. The quantitative estimate of drug-likeness (QED) is 0.726. The van der Waals surface area contributed by atoms with Gasteiger partial charge < -0.3 is 4.74 Å². The molecule has 1 aliphatic heterocycles. The van der Waals surface area contributed by atoms with Crippen molar-refractivity contribution in [2.45, 2.75) is 51.0 Å². The number of rotatable bonds is 4. The number of aryl methyl sites for hydroxylation is 1. The minimum absolute atomic E-state index is 0.127. The maximum Gasteiger partial charge on any atom is 0.418 e.